The van der Waals surface area contributed by atoms with Crippen LogP contribution in [-0.4, -0.2) is 30.4 Å². The van der Waals surface area contributed by atoms with Gasteiger partial charge in [0.25, 0.3) is 0 Å². The molecule has 0 spiro atoms. The quantitative estimate of drug-likeness (QED) is 0.619. The first-order valence-electron chi connectivity index (χ1n) is 7.74. The molecule has 0 aliphatic carbocycles. The fourth-order valence-electron chi connectivity index (χ4n) is 3.03. The molecule has 1 atom stereocenters. The number of nitrogens with zero attached hydrogens (tertiary/aromatic N) is 1. The molecule has 1 aliphatic rings. The fraction of sp³-hybridized carbons (Fsp3) is 0.278. The molecule has 6 heteroatoms. The minimum Gasteiger partial charge on any atom is -0.330 e. The third-order valence-electron chi connectivity index (χ3n) is 4.11. The third kappa shape index (κ3) is 3.52. The first-order valence-corrected chi connectivity index (χ1v) is 9.37. The Labute approximate surface area is 155 Å². The van der Waals surface area contributed by atoms with E-state index in [1.54, 1.807) is 23.5 Å². The Morgan fingerprint density at radius 2 is 2.21 bits per heavy atom. The summed E-state index contributed by atoms with van der Waals surface area (Å²) in [5.41, 5.74) is 2.07. The molecule has 24 heavy (non-hydrogen) atoms. The van der Waals surface area contributed by atoms with Gasteiger partial charge in [-0.15, -0.1) is 17.9 Å². The number of carbonyl (C=O) groups is 1. The van der Waals surface area contributed by atoms with Crippen molar-refractivity contribution in [3.63, 3.8) is 0 Å². The average molecular weight is 381 g/mol. The number of amides is 1. The van der Waals surface area contributed by atoms with E-state index in [1.165, 1.54) is 4.88 Å². The second kappa shape index (κ2) is 7.70. The molecule has 126 valence electrons. The van der Waals surface area contributed by atoms with Gasteiger partial charge < -0.3 is 10.2 Å². The number of hydrogen-bond acceptors (Lipinski definition) is 3. The van der Waals surface area contributed by atoms with Crippen LogP contribution in [0.4, 0.5) is 0 Å². The van der Waals surface area contributed by atoms with Crippen molar-refractivity contribution in [2.45, 2.75) is 12.5 Å². The van der Waals surface area contributed by atoms with Gasteiger partial charge in [-0.1, -0.05) is 35.3 Å². The maximum Gasteiger partial charge on any atom is 0.237 e. The van der Waals surface area contributed by atoms with E-state index >= 15 is 0 Å². The van der Waals surface area contributed by atoms with E-state index in [0.717, 1.165) is 17.5 Å². The van der Waals surface area contributed by atoms with Gasteiger partial charge in [0.15, 0.2) is 0 Å². The SMILES string of the molecule is C=CCNCC(=O)N1CCc2sccc2C1c1ccc(Cl)cc1Cl. The van der Waals surface area contributed by atoms with Crippen molar-refractivity contribution in [3.05, 3.63) is 68.3 Å². The number of nitrogens with one attached hydrogen (secondary N) is 1. The standard InChI is InChI=1S/C18H18Cl2N2OS/c1-2-7-21-11-17(23)22-8-5-16-14(6-9-24-16)18(22)13-4-3-12(19)10-15(13)20/h2-4,6,9-10,18,21H,1,5,7-8,11H2. The Bertz CT molecular complexity index is 759. The lowest BCUT2D eigenvalue weighted by Crippen LogP contribution is -2.44. The third-order valence-corrected chi connectivity index (χ3v) is 5.67. The van der Waals surface area contributed by atoms with Gasteiger partial charge in [0.1, 0.15) is 0 Å². The fourth-order valence-corrected chi connectivity index (χ4v) is 4.44. The summed E-state index contributed by atoms with van der Waals surface area (Å²) < 4.78 is 0. The summed E-state index contributed by atoms with van der Waals surface area (Å²) in [6.45, 7) is 5.24. The first kappa shape index (κ1) is 17.5. The Kier molecular flexibility index (Phi) is 5.61. The highest BCUT2D eigenvalue weighted by molar-refractivity contribution is 7.10. The zero-order valence-electron chi connectivity index (χ0n) is 13.1. The number of halogens is 2. The molecule has 1 unspecified atom stereocenters. The summed E-state index contributed by atoms with van der Waals surface area (Å²) in [6.07, 6.45) is 2.62. The molecule has 0 bridgehead atoms. The summed E-state index contributed by atoms with van der Waals surface area (Å²) in [7, 11) is 0. The van der Waals surface area contributed by atoms with Crippen molar-refractivity contribution < 1.29 is 4.79 Å². The van der Waals surface area contributed by atoms with Crippen LogP contribution in [0.2, 0.25) is 10.0 Å². The smallest absolute Gasteiger partial charge is 0.237 e. The molecule has 3 nitrogen and oxygen atoms in total. The minimum atomic E-state index is -0.164. The molecule has 1 aromatic heterocycles. The number of thiophene rings is 1. The number of rotatable bonds is 5. The highest BCUT2D eigenvalue weighted by Gasteiger charge is 2.33. The zero-order valence-corrected chi connectivity index (χ0v) is 15.4. The van der Waals surface area contributed by atoms with Crippen molar-refractivity contribution >= 4 is 40.4 Å². The predicted molar refractivity (Wildman–Crippen MR) is 101 cm³/mol. The highest BCUT2D eigenvalue weighted by atomic mass is 35.5. The lowest BCUT2D eigenvalue weighted by atomic mass is 9.93. The number of hydrogen-bond donors (Lipinski definition) is 1. The topological polar surface area (TPSA) is 32.3 Å². The normalized spacial score (nSPS) is 16.8. The lowest BCUT2D eigenvalue weighted by molar-refractivity contribution is -0.132. The van der Waals surface area contributed by atoms with E-state index in [2.05, 4.69) is 23.3 Å². The zero-order chi connectivity index (χ0) is 17.1. The lowest BCUT2D eigenvalue weighted by Gasteiger charge is -2.37. The monoisotopic (exact) mass is 380 g/mol. The van der Waals surface area contributed by atoms with Crippen LogP contribution in [0.3, 0.4) is 0 Å². The van der Waals surface area contributed by atoms with Crippen LogP contribution in [0.5, 0.6) is 0 Å². The molecular weight excluding hydrogens is 363 g/mol. The largest absolute Gasteiger partial charge is 0.330 e. The van der Waals surface area contributed by atoms with Gasteiger partial charge in [-0.3, -0.25) is 4.79 Å². The summed E-state index contributed by atoms with van der Waals surface area (Å²) in [5.74, 6) is 0.0599. The average Bonchev–Trinajstić information content (AvgIpc) is 3.03. The minimum absolute atomic E-state index is 0.0599. The molecule has 1 amide bonds. The molecular formula is C18H18Cl2N2OS. The number of carbonyl (C=O) groups excluding carboxylic acids is 1. The Hall–Kier alpha value is -1.33. The first-order chi connectivity index (χ1) is 11.6. The van der Waals surface area contributed by atoms with Gasteiger partial charge in [0.05, 0.1) is 12.6 Å². The molecule has 2 aromatic rings. The van der Waals surface area contributed by atoms with Gasteiger partial charge in [-0.2, -0.15) is 0 Å². The molecule has 1 aliphatic heterocycles. The molecule has 1 aromatic carbocycles. The summed E-state index contributed by atoms with van der Waals surface area (Å²) in [4.78, 5) is 15.9. The predicted octanol–water partition coefficient (Wildman–Crippen LogP) is 4.30. The van der Waals surface area contributed by atoms with Gasteiger partial charge >= 0.3 is 0 Å². The van der Waals surface area contributed by atoms with Crippen LogP contribution in [0.1, 0.15) is 22.0 Å². The summed E-state index contributed by atoms with van der Waals surface area (Å²) in [6, 6.07) is 7.40. The van der Waals surface area contributed by atoms with Gasteiger partial charge in [-0.05, 0) is 41.1 Å². The van der Waals surface area contributed by atoms with Crippen LogP contribution < -0.4 is 5.32 Å². The van der Waals surface area contributed by atoms with Crippen molar-refractivity contribution in [1.29, 1.82) is 0 Å². The van der Waals surface area contributed by atoms with E-state index < -0.39 is 0 Å². The van der Waals surface area contributed by atoms with Gasteiger partial charge in [0.2, 0.25) is 5.91 Å². The molecule has 0 radical (unpaired) electrons. The maximum atomic E-state index is 12.7. The Morgan fingerprint density at radius 1 is 1.38 bits per heavy atom. The molecule has 0 saturated heterocycles. The molecule has 3 rings (SSSR count). The number of benzene rings is 1. The van der Waals surface area contributed by atoms with E-state index in [9.17, 15) is 4.79 Å². The molecule has 2 heterocycles. The van der Waals surface area contributed by atoms with Crippen molar-refractivity contribution in [3.8, 4) is 0 Å². The van der Waals surface area contributed by atoms with Crippen molar-refractivity contribution in [1.82, 2.24) is 10.2 Å². The van der Waals surface area contributed by atoms with Crippen LogP contribution >= 0.6 is 34.5 Å². The Balaban J connectivity index is 1.96. The Morgan fingerprint density at radius 3 is 2.96 bits per heavy atom. The molecule has 0 saturated carbocycles. The summed E-state index contributed by atoms with van der Waals surface area (Å²) >= 11 is 14.2. The van der Waals surface area contributed by atoms with Crippen LogP contribution in [0.15, 0.2) is 42.3 Å². The van der Waals surface area contributed by atoms with E-state index in [4.69, 9.17) is 23.2 Å². The molecule has 1 N–H and O–H groups in total. The van der Waals surface area contributed by atoms with Gasteiger partial charge in [0, 0.05) is 28.0 Å². The summed E-state index contributed by atoms with van der Waals surface area (Å²) in [5, 5.41) is 6.34. The van der Waals surface area contributed by atoms with Crippen molar-refractivity contribution in [2.75, 3.05) is 19.6 Å². The maximum absolute atomic E-state index is 12.7. The highest BCUT2D eigenvalue weighted by Crippen LogP contribution is 2.40. The van der Waals surface area contributed by atoms with E-state index in [0.29, 0.717) is 23.1 Å². The van der Waals surface area contributed by atoms with E-state index in [-0.39, 0.29) is 18.5 Å². The van der Waals surface area contributed by atoms with Gasteiger partial charge in [-0.25, -0.2) is 0 Å². The molecule has 0 fully saturated rings. The second-order valence-electron chi connectivity index (χ2n) is 5.62. The van der Waals surface area contributed by atoms with Crippen LogP contribution in [-0.2, 0) is 11.2 Å². The number of fused-ring (bicyclic) bond motifs is 1. The van der Waals surface area contributed by atoms with E-state index in [1.807, 2.05) is 17.0 Å². The van der Waals surface area contributed by atoms with Crippen LogP contribution in [0.25, 0.3) is 0 Å². The van der Waals surface area contributed by atoms with Crippen LogP contribution in [0, 0.1) is 0 Å². The van der Waals surface area contributed by atoms with Crippen molar-refractivity contribution in [2.24, 2.45) is 0 Å². The second-order valence-corrected chi connectivity index (χ2v) is 7.47.